The van der Waals surface area contributed by atoms with E-state index >= 15 is 4.39 Å². The summed E-state index contributed by atoms with van der Waals surface area (Å²) < 4.78 is 65.5. The fourth-order valence-electron chi connectivity index (χ4n) is 3.28. The molecule has 0 N–H and O–H groups in total. The molecule has 0 radical (unpaired) electrons. The van der Waals surface area contributed by atoms with Gasteiger partial charge >= 0.3 is 6.18 Å². The van der Waals surface area contributed by atoms with Crippen molar-refractivity contribution in [2.24, 2.45) is 0 Å². The monoisotopic (exact) mass is 468 g/mol. The van der Waals surface area contributed by atoms with E-state index in [4.69, 9.17) is 21.1 Å². The number of halogens is 5. The normalized spacial score (nSPS) is 11.4. The van der Waals surface area contributed by atoms with Crippen LogP contribution in [0.2, 0.25) is 5.15 Å². The van der Waals surface area contributed by atoms with Crippen molar-refractivity contribution in [3.8, 4) is 11.5 Å². The number of methoxy groups -OCH3 is 2. The van der Waals surface area contributed by atoms with Crippen LogP contribution in [0, 0.1) is 12.7 Å². The van der Waals surface area contributed by atoms with E-state index < -0.39 is 28.3 Å². The molecule has 1 heterocycles. The molecule has 0 spiro atoms. The Kier molecular flexibility index (Phi) is 7.13. The van der Waals surface area contributed by atoms with Gasteiger partial charge in [-0.1, -0.05) is 35.9 Å². The van der Waals surface area contributed by atoms with Crippen molar-refractivity contribution in [1.29, 1.82) is 0 Å². The van der Waals surface area contributed by atoms with Crippen molar-refractivity contribution in [3.05, 3.63) is 81.8 Å². The molecule has 0 bridgehead atoms. The lowest BCUT2D eigenvalue weighted by Gasteiger charge is -2.26. The van der Waals surface area contributed by atoms with Crippen LogP contribution < -0.4 is 14.4 Å². The topological polar surface area (TPSA) is 34.6 Å². The van der Waals surface area contributed by atoms with Gasteiger partial charge in [0.2, 0.25) is 0 Å². The minimum absolute atomic E-state index is 0.182. The lowest BCUT2D eigenvalue weighted by molar-refractivity contribution is -0.138. The Hall–Kier alpha value is -3.00. The number of rotatable bonds is 7. The van der Waals surface area contributed by atoms with Gasteiger partial charge in [-0.25, -0.2) is 9.37 Å². The third-order valence-electron chi connectivity index (χ3n) is 4.96. The molecule has 1 aromatic heterocycles. The minimum atomic E-state index is -4.82. The van der Waals surface area contributed by atoms with Crippen LogP contribution in [0.3, 0.4) is 0 Å². The first kappa shape index (κ1) is 23.7. The van der Waals surface area contributed by atoms with E-state index in [1.54, 1.807) is 48.5 Å². The van der Waals surface area contributed by atoms with Crippen LogP contribution in [0.1, 0.15) is 22.3 Å². The highest BCUT2D eigenvalue weighted by Gasteiger charge is 2.38. The highest BCUT2D eigenvalue weighted by atomic mass is 35.5. The molecule has 0 saturated heterocycles. The summed E-state index contributed by atoms with van der Waals surface area (Å²) in [6.07, 6.45) is -4.82. The first-order valence-electron chi connectivity index (χ1n) is 9.57. The Bertz CT molecular complexity index is 1020. The molecular formula is C23H21ClF4N2O2. The van der Waals surface area contributed by atoms with Crippen LogP contribution in [-0.2, 0) is 19.3 Å². The van der Waals surface area contributed by atoms with Gasteiger partial charge in [-0.2, -0.15) is 13.2 Å². The molecule has 0 aliphatic heterocycles. The van der Waals surface area contributed by atoms with E-state index in [9.17, 15) is 13.2 Å². The van der Waals surface area contributed by atoms with Crippen LogP contribution in [0.25, 0.3) is 0 Å². The summed E-state index contributed by atoms with van der Waals surface area (Å²) in [6.45, 7) is 1.41. The Balaban J connectivity index is 2.04. The number of nitrogens with zero attached hydrogens (tertiary/aromatic N) is 2. The second-order valence-corrected chi connectivity index (χ2v) is 7.45. The zero-order chi connectivity index (χ0) is 23.5. The van der Waals surface area contributed by atoms with Gasteiger partial charge in [0, 0.05) is 18.7 Å². The van der Waals surface area contributed by atoms with Gasteiger partial charge in [-0.3, -0.25) is 0 Å². The van der Waals surface area contributed by atoms with E-state index in [0.717, 1.165) is 18.1 Å². The van der Waals surface area contributed by atoms with Gasteiger partial charge in [-0.05, 0) is 42.3 Å². The van der Waals surface area contributed by atoms with Crippen LogP contribution in [0.5, 0.6) is 11.5 Å². The minimum Gasteiger partial charge on any atom is -0.497 e. The summed E-state index contributed by atoms with van der Waals surface area (Å²) in [5.41, 5.74) is -0.292. The zero-order valence-corrected chi connectivity index (χ0v) is 18.4. The van der Waals surface area contributed by atoms with Crippen molar-refractivity contribution in [2.75, 3.05) is 19.1 Å². The van der Waals surface area contributed by atoms with Crippen LogP contribution in [0.4, 0.5) is 23.4 Å². The SMILES string of the molecule is COc1ccc(CN(Cc2ccc(OC)cc2)c2nc(Cl)c(C(F)(F)F)c(C)c2F)cc1. The molecule has 3 rings (SSSR count). The molecule has 0 aliphatic carbocycles. The quantitative estimate of drug-likeness (QED) is 0.296. The predicted molar refractivity (Wildman–Crippen MR) is 115 cm³/mol. The average Bonchev–Trinajstić information content (AvgIpc) is 2.76. The maximum absolute atomic E-state index is 15.2. The first-order chi connectivity index (χ1) is 15.1. The second kappa shape index (κ2) is 9.65. The largest absolute Gasteiger partial charge is 0.497 e. The molecule has 0 saturated carbocycles. The fourth-order valence-corrected chi connectivity index (χ4v) is 3.61. The number of benzene rings is 2. The van der Waals surface area contributed by atoms with Crippen molar-refractivity contribution < 1.29 is 27.0 Å². The smallest absolute Gasteiger partial charge is 0.419 e. The van der Waals surface area contributed by atoms with Gasteiger partial charge in [0.25, 0.3) is 0 Å². The third-order valence-corrected chi connectivity index (χ3v) is 5.23. The Morgan fingerprint density at radius 3 is 1.69 bits per heavy atom. The van der Waals surface area contributed by atoms with Crippen molar-refractivity contribution in [2.45, 2.75) is 26.2 Å². The number of pyridine rings is 1. The molecule has 2 aromatic carbocycles. The zero-order valence-electron chi connectivity index (χ0n) is 17.6. The molecule has 9 heteroatoms. The second-order valence-electron chi connectivity index (χ2n) is 7.09. The average molecular weight is 469 g/mol. The highest BCUT2D eigenvalue weighted by molar-refractivity contribution is 6.30. The molecular weight excluding hydrogens is 448 g/mol. The summed E-state index contributed by atoms with van der Waals surface area (Å²) in [6, 6.07) is 14.1. The van der Waals surface area contributed by atoms with E-state index in [2.05, 4.69) is 4.98 Å². The predicted octanol–water partition coefficient (Wildman–Crippen LogP) is 6.43. The molecule has 0 atom stereocenters. The highest BCUT2D eigenvalue weighted by Crippen LogP contribution is 2.39. The number of hydrogen-bond donors (Lipinski definition) is 0. The molecule has 0 fully saturated rings. The number of aromatic nitrogens is 1. The number of hydrogen-bond acceptors (Lipinski definition) is 4. The summed E-state index contributed by atoms with van der Waals surface area (Å²) >= 11 is 5.86. The lowest BCUT2D eigenvalue weighted by Crippen LogP contribution is -2.26. The molecule has 32 heavy (non-hydrogen) atoms. The third kappa shape index (κ3) is 5.24. The lowest BCUT2D eigenvalue weighted by atomic mass is 10.1. The molecule has 3 aromatic rings. The van der Waals surface area contributed by atoms with Crippen molar-refractivity contribution in [3.63, 3.8) is 0 Å². The molecule has 0 amide bonds. The van der Waals surface area contributed by atoms with E-state index in [0.29, 0.717) is 11.5 Å². The number of anilines is 1. The van der Waals surface area contributed by atoms with Gasteiger partial charge in [-0.15, -0.1) is 0 Å². The van der Waals surface area contributed by atoms with Crippen molar-refractivity contribution in [1.82, 2.24) is 4.98 Å². The molecule has 0 aliphatic rings. The summed E-state index contributed by atoms with van der Waals surface area (Å²) in [4.78, 5) is 5.35. The Labute approximate surface area is 188 Å². The Morgan fingerprint density at radius 1 is 0.875 bits per heavy atom. The van der Waals surface area contributed by atoms with Gasteiger partial charge in [0.05, 0.1) is 19.8 Å². The molecule has 4 nitrogen and oxygen atoms in total. The van der Waals surface area contributed by atoms with E-state index in [1.807, 2.05) is 0 Å². The van der Waals surface area contributed by atoms with Crippen molar-refractivity contribution >= 4 is 17.4 Å². The maximum Gasteiger partial charge on any atom is 0.419 e. The first-order valence-corrected chi connectivity index (χ1v) is 9.95. The fraction of sp³-hybridized carbons (Fsp3) is 0.261. The van der Waals surface area contributed by atoms with Gasteiger partial charge in [0.15, 0.2) is 11.6 Å². The Morgan fingerprint density at radius 2 is 1.31 bits per heavy atom. The van der Waals surface area contributed by atoms with Crippen LogP contribution in [0.15, 0.2) is 48.5 Å². The standard InChI is InChI=1S/C23H21ClF4N2O2/c1-14-19(23(26,27)28)21(24)29-22(20(14)25)30(12-15-4-8-17(31-2)9-5-15)13-16-6-10-18(32-3)11-7-16/h4-11H,12-13H2,1-3H3. The van der Waals surface area contributed by atoms with Crippen LogP contribution in [-0.4, -0.2) is 19.2 Å². The van der Waals surface area contributed by atoms with Gasteiger partial charge < -0.3 is 14.4 Å². The van der Waals surface area contributed by atoms with Crippen LogP contribution >= 0.6 is 11.6 Å². The molecule has 0 unspecified atom stereocenters. The maximum atomic E-state index is 15.2. The van der Waals surface area contributed by atoms with E-state index in [-0.39, 0.29) is 18.9 Å². The summed E-state index contributed by atoms with van der Waals surface area (Å²) in [7, 11) is 3.08. The molecule has 170 valence electrons. The summed E-state index contributed by atoms with van der Waals surface area (Å²) in [5, 5.41) is -0.791. The summed E-state index contributed by atoms with van der Waals surface area (Å²) in [5.74, 6) is -0.0303. The van der Waals surface area contributed by atoms with Gasteiger partial charge in [0.1, 0.15) is 16.7 Å². The number of alkyl halides is 3. The number of ether oxygens (including phenoxy) is 2. The van der Waals surface area contributed by atoms with E-state index in [1.165, 1.54) is 19.1 Å².